The standard InChI is InChI=1S/C44H82NO7P/c1-6-8-10-12-14-16-18-20-21-22-23-24-26-28-30-32-34-36-39-49-43(42-52-53(47,48)51-40-38-45(3,4)5)41-50-44(46)37-35-33-31-29-27-25-19-17-15-13-11-9-7-2/h14,16,20-21,23-24,28,30,43H,6-13,15,17-19,22,25-27,29,31-42H2,1-5H3/p+1/b16-14-,21-20-,24-23-,30-28-/t43-/m1/s1/i44+2. The van der Waals surface area contributed by atoms with E-state index in [1.807, 2.05) is 21.1 Å². The van der Waals surface area contributed by atoms with E-state index >= 15 is 0 Å². The second-order valence-electron chi connectivity index (χ2n) is 15.4. The van der Waals surface area contributed by atoms with E-state index < -0.39 is 13.9 Å². The molecule has 0 saturated carbocycles. The Morgan fingerprint density at radius 1 is 0.585 bits per heavy atom. The lowest BCUT2D eigenvalue weighted by Gasteiger charge is -2.24. The molecule has 0 aliphatic carbocycles. The molecule has 1 N–H and O–H groups in total. The summed E-state index contributed by atoms with van der Waals surface area (Å²) < 4.78 is 34.9. The number of hydrogen-bond donors (Lipinski definition) is 1. The molecule has 2 atom stereocenters. The lowest BCUT2D eigenvalue weighted by molar-refractivity contribution is -0.870. The van der Waals surface area contributed by atoms with Crippen molar-refractivity contribution in [1.82, 2.24) is 0 Å². The van der Waals surface area contributed by atoms with Crippen LogP contribution >= 0.6 is 7.82 Å². The number of unbranched alkanes of at least 4 members (excludes halogenated alkanes) is 17. The zero-order valence-electron chi connectivity index (χ0n) is 35.0. The Morgan fingerprint density at radius 3 is 1.55 bits per heavy atom. The van der Waals surface area contributed by atoms with Crippen molar-refractivity contribution < 1.29 is 37.3 Å². The van der Waals surface area contributed by atoms with Crippen LogP contribution in [0.5, 0.6) is 0 Å². The summed E-state index contributed by atoms with van der Waals surface area (Å²) in [4.78, 5) is 22.6. The molecule has 0 aliphatic heterocycles. The van der Waals surface area contributed by atoms with E-state index in [1.54, 1.807) is 0 Å². The minimum Gasteiger partial charge on any atom is -0.463 e. The number of carbonyl (C=O) groups excluding carboxylic acids is 1. The van der Waals surface area contributed by atoms with Gasteiger partial charge in [0.05, 0.1) is 27.7 Å². The van der Waals surface area contributed by atoms with Crippen molar-refractivity contribution in [3.63, 3.8) is 0 Å². The van der Waals surface area contributed by atoms with Gasteiger partial charge in [0.1, 0.15) is 25.9 Å². The van der Waals surface area contributed by atoms with Crippen molar-refractivity contribution in [3.8, 4) is 0 Å². The minimum absolute atomic E-state index is 0.0205. The van der Waals surface area contributed by atoms with E-state index in [0.29, 0.717) is 24.1 Å². The molecule has 0 aromatic heterocycles. The molecule has 0 aromatic rings. The number of rotatable bonds is 39. The fourth-order valence-corrected chi connectivity index (χ4v) is 6.25. The monoisotopic (exact) mass is 771 g/mol. The number of phosphoric acid groups is 1. The maximum atomic E-state index is 12.5. The summed E-state index contributed by atoms with van der Waals surface area (Å²) >= 11 is 0. The predicted molar refractivity (Wildman–Crippen MR) is 224 cm³/mol. The van der Waals surface area contributed by atoms with Gasteiger partial charge in [0.2, 0.25) is 0 Å². The van der Waals surface area contributed by atoms with E-state index in [1.165, 1.54) is 89.9 Å². The summed E-state index contributed by atoms with van der Waals surface area (Å²) in [5, 5.41) is 0. The maximum absolute atomic E-state index is 12.5. The Balaban J connectivity index is 4.34. The molecular weight excluding hydrogens is 687 g/mol. The van der Waals surface area contributed by atoms with Crippen LogP contribution in [0.25, 0.3) is 0 Å². The largest absolute Gasteiger partial charge is 0.472 e. The Morgan fingerprint density at radius 2 is 1.04 bits per heavy atom. The number of ether oxygens (including phenoxy) is 2. The highest BCUT2D eigenvalue weighted by molar-refractivity contribution is 7.47. The highest BCUT2D eigenvalue weighted by atomic mass is 31.2. The van der Waals surface area contributed by atoms with Crippen LogP contribution < -0.4 is 0 Å². The van der Waals surface area contributed by atoms with E-state index in [9.17, 15) is 14.3 Å². The van der Waals surface area contributed by atoms with Crippen molar-refractivity contribution in [1.29, 1.82) is 0 Å². The molecule has 0 radical (unpaired) electrons. The molecule has 0 aliphatic rings. The minimum atomic E-state index is -4.25. The van der Waals surface area contributed by atoms with Crippen LogP contribution in [0.3, 0.4) is 0 Å². The van der Waals surface area contributed by atoms with Crippen LogP contribution in [0.2, 0.25) is 0 Å². The lowest BCUT2D eigenvalue weighted by atomic mass is 10.0. The van der Waals surface area contributed by atoms with Gasteiger partial charge in [-0.15, -0.1) is 0 Å². The number of likely N-dealkylation sites (N-methyl/N-ethyl adjacent to an activating group) is 1. The Bertz CT molecular complexity index is 989. The molecule has 8 nitrogen and oxygen atoms in total. The number of quaternary nitrogens is 1. The van der Waals surface area contributed by atoms with Gasteiger partial charge in [0.25, 0.3) is 0 Å². The van der Waals surface area contributed by atoms with Gasteiger partial charge in [-0.05, 0) is 57.8 Å². The van der Waals surface area contributed by atoms with Crippen LogP contribution in [-0.4, -0.2) is 75.6 Å². The molecule has 0 rings (SSSR count). The first kappa shape index (κ1) is 51.5. The van der Waals surface area contributed by atoms with Crippen LogP contribution in [0.15, 0.2) is 48.6 Å². The van der Waals surface area contributed by atoms with Crippen LogP contribution in [0, 0.1) is 0 Å². The average molecular weight is 771 g/mol. The van der Waals surface area contributed by atoms with Crippen LogP contribution in [-0.2, 0) is 27.9 Å². The summed E-state index contributed by atoms with van der Waals surface area (Å²) in [6, 6.07) is 0. The summed E-state index contributed by atoms with van der Waals surface area (Å²) in [6.07, 6.45) is 44.4. The SMILES string of the molecule is CCCCC/C=C\C/C=C\C/C=C\C/C=C\CCCCO[C@H](CO[14C](=O)CCCCCCCCCCCCCCC)COP(=O)(O)OCC[N+](C)(C)C. The average Bonchev–Trinajstić information content (AvgIpc) is 3.11. The summed E-state index contributed by atoms with van der Waals surface area (Å²) in [6.45, 7) is 5.37. The maximum Gasteiger partial charge on any atom is 0.472 e. The lowest BCUT2D eigenvalue weighted by Crippen LogP contribution is -2.37. The molecule has 0 heterocycles. The van der Waals surface area contributed by atoms with Gasteiger partial charge in [-0.3, -0.25) is 13.8 Å². The Hall–Kier alpha value is -1.54. The first-order valence-corrected chi connectivity index (χ1v) is 22.9. The molecule has 9 heteroatoms. The van der Waals surface area contributed by atoms with E-state index in [4.69, 9.17) is 18.5 Å². The van der Waals surface area contributed by atoms with Crippen LogP contribution in [0.4, 0.5) is 0 Å². The zero-order chi connectivity index (χ0) is 39.1. The Kier molecular flexibility index (Phi) is 36.3. The third-order valence-corrected chi connectivity index (χ3v) is 9.92. The molecule has 1 unspecified atom stereocenters. The molecule has 0 fully saturated rings. The first-order valence-electron chi connectivity index (χ1n) is 21.4. The molecule has 0 saturated heterocycles. The molecule has 0 spiro atoms. The number of allylic oxidation sites excluding steroid dienone is 8. The van der Waals surface area contributed by atoms with Crippen molar-refractivity contribution in [2.24, 2.45) is 0 Å². The normalized spacial score (nSPS) is 14.3. The predicted octanol–water partition coefficient (Wildman–Crippen LogP) is 12.4. The summed E-state index contributed by atoms with van der Waals surface area (Å²) in [5.74, 6) is -0.270. The smallest absolute Gasteiger partial charge is 0.463 e. The van der Waals surface area contributed by atoms with Gasteiger partial charge in [0, 0.05) is 13.0 Å². The highest BCUT2D eigenvalue weighted by Crippen LogP contribution is 2.43. The van der Waals surface area contributed by atoms with Crippen molar-refractivity contribution in [2.45, 2.75) is 174 Å². The van der Waals surface area contributed by atoms with Gasteiger partial charge in [0.15, 0.2) is 0 Å². The molecular formula is C44H83NO7P+. The van der Waals surface area contributed by atoms with Crippen molar-refractivity contribution >= 4 is 13.8 Å². The topological polar surface area (TPSA) is 91.3 Å². The van der Waals surface area contributed by atoms with Gasteiger partial charge in [-0.1, -0.05) is 152 Å². The second-order valence-corrected chi connectivity index (χ2v) is 16.8. The number of carbonyl (C=O) groups is 1. The molecule has 53 heavy (non-hydrogen) atoms. The second kappa shape index (κ2) is 37.4. The fraction of sp³-hybridized carbons (Fsp3) is 0.795. The molecule has 0 aromatic carbocycles. The summed E-state index contributed by atoms with van der Waals surface area (Å²) in [5.41, 5.74) is 0. The third kappa shape index (κ3) is 41.5. The quantitative estimate of drug-likeness (QED) is 0.0219. The van der Waals surface area contributed by atoms with E-state index in [-0.39, 0.29) is 25.8 Å². The van der Waals surface area contributed by atoms with Gasteiger partial charge in [-0.25, -0.2) is 4.57 Å². The highest BCUT2D eigenvalue weighted by Gasteiger charge is 2.25. The first-order chi connectivity index (χ1) is 25.6. The van der Waals surface area contributed by atoms with Gasteiger partial charge in [-0.2, -0.15) is 0 Å². The number of nitrogens with zero attached hydrogens (tertiary/aromatic N) is 1. The van der Waals surface area contributed by atoms with E-state index in [2.05, 4.69) is 62.5 Å². The molecule has 310 valence electrons. The number of esters is 1. The summed E-state index contributed by atoms with van der Waals surface area (Å²) in [7, 11) is 1.68. The van der Waals surface area contributed by atoms with Gasteiger partial charge < -0.3 is 18.9 Å². The fourth-order valence-electron chi connectivity index (χ4n) is 5.51. The number of hydrogen-bond acceptors (Lipinski definition) is 6. The molecule has 0 bridgehead atoms. The van der Waals surface area contributed by atoms with Gasteiger partial charge >= 0.3 is 13.8 Å². The Labute approximate surface area is 327 Å². The molecule has 0 amide bonds. The van der Waals surface area contributed by atoms with E-state index in [0.717, 1.165) is 57.8 Å². The zero-order valence-corrected chi connectivity index (χ0v) is 35.9. The van der Waals surface area contributed by atoms with Crippen molar-refractivity contribution in [3.05, 3.63) is 48.6 Å². The van der Waals surface area contributed by atoms with Crippen molar-refractivity contribution in [2.75, 3.05) is 54.1 Å². The number of phosphoric ester groups is 1. The third-order valence-electron chi connectivity index (χ3n) is 8.93. The van der Waals surface area contributed by atoms with Crippen LogP contribution in [0.1, 0.15) is 168 Å².